The molecule has 2 amide bonds. The molecule has 0 heterocycles. The molecule has 0 atom stereocenters. The average Bonchev–Trinajstić information content (AvgIpc) is 2.50. The standard InChI is InChI=1S/C18H22N2O2/c19-17(22)18(20-16(21)13-4-2-1-3-5-13)14-7-11-6-12(9-14)10-15(18)8-11/h1-5,11-12,14-15H,6-10H2,(H2,19,22)(H,20,21). The second kappa shape index (κ2) is 4.83. The fraction of sp³-hybridized carbons (Fsp3) is 0.556. The maximum Gasteiger partial charge on any atom is 0.252 e. The third-order valence-electron chi connectivity index (χ3n) is 6.19. The number of benzene rings is 1. The first-order valence-electron chi connectivity index (χ1n) is 8.27. The van der Waals surface area contributed by atoms with Crippen LogP contribution in [0.5, 0.6) is 0 Å². The molecular formula is C18H22N2O2. The van der Waals surface area contributed by atoms with E-state index < -0.39 is 5.54 Å². The molecule has 3 N–H and O–H groups in total. The number of primary amides is 1. The SMILES string of the molecule is NC(=O)C1(NC(=O)c2ccccc2)C2CC3CC(C2)CC1C3. The molecule has 0 radical (unpaired) electrons. The summed E-state index contributed by atoms with van der Waals surface area (Å²) >= 11 is 0. The summed E-state index contributed by atoms with van der Waals surface area (Å²) in [4.78, 5) is 25.0. The average molecular weight is 298 g/mol. The lowest BCUT2D eigenvalue weighted by Gasteiger charge is -2.59. The van der Waals surface area contributed by atoms with Crippen molar-refractivity contribution in [2.75, 3.05) is 0 Å². The fourth-order valence-corrected chi connectivity index (χ4v) is 5.45. The van der Waals surface area contributed by atoms with Crippen LogP contribution in [0.2, 0.25) is 0 Å². The molecule has 22 heavy (non-hydrogen) atoms. The van der Waals surface area contributed by atoms with Gasteiger partial charge in [-0.3, -0.25) is 9.59 Å². The number of hydrogen-bond donors (Lipinski definition) is 2. The van der Waals surface area contributed by atoms with E-state index in [4.69, 9.17) is 5.73 Å². The Bertz CT molecular complexity index is 583. The minimum atomic E-state index is -0.833. The zero-order chi connectivity index (χ0) is 15.3. The van der Waals surface area contributed by atoms with Crippen LogP contribution < -0.4 is 11.1 Å². The summed E-state index contributed by atoms with van der Waals surface area (Å²) < 4.78 is 0. The Kier molecular flexibility index (Phi) is 3.03. The largest absolute Gasteiger partial charge is 0.368 e. The second-order valence-electron chi connectivity index (χ2n) is 7.36. The first kappa shape index (κ1) is 13.8. The van der Waals surface area contributed by atoms with Crippen LogP contribution in [0.3, 0.4) is 0 Å². The molecule has 4 saturated carbocycles. The smallest absolute Gasteiger partial charge is 0.252 e. The molecule has 0 aliphatic heterocycles. The Labute approximate surface area is 130 Å². The van der Waals surface area contributed by atoms with Gasteiger partial charge in [-0.1, -0.05) is 18.2 Å². The number of amides is 2. The Morgan fingerprint density at radius 3 is 2.00 bits per heavy atom. The molecule has 4 bridgehead atoms. The predicted octanol–water partition coefficient (Wildman–Crippen LogP) is 2.10. The van der Waals surface area contributed by atoms with E-state index in [1.165, 1.54) is 6.42 Å². The highest BCUT2D eigenvalue weighted by Crippen LogP contribution is 2.58. The van der Waals surface area contributed by atoms with E-state index in [0.29, 0.717) is 5.56 Å². The van der Waals surface area contributed by atoms with Crippen LogP contribution in [-0.2, 0) is 4.79 Å². The van der Waals surface area contributed by atoms with Crippen molar-refractivity contribution in [2.24, 2.45) is 29.4 Å². The molecule has 4 heteroatoms. The van der Waals surface area contributed by atoms with E-state index in [0.717, 1.165) is 37.5 Å². The molecular weight excluding hydrogens is 276 g/mol. The molecule has 4 aliphatic carbocycles. The first-order valence-corrected chi connectivity index (χ1v) is 8.27. The molecule has 4 aliphatic rings. The van der Waals surface area contributed by atoms with Crippen molar-refractivity contribution in [2.45, 2.75) is 37.6 Å². The number of hydrogen-bond acceptors (Lipinski definition) is 2. The number of carbonyl (C=O) groups is 2. The Morgan fingerprint density at radius 2 is 1.50 bits per heavy atom. The lowest BCUT2D eigenvalue weighted by atomic mass is 9.48. The summed E-state index contributed by atoms with van der Waals surface area (Å²) in [6, 6.07) is 9.11. The van der Waals surface area contributed by atoms with E-state index in [-0.39, 0.29) is 23.7 Å². The number of nitrogens with two attached hydrogens (primary N) is 1. The molecule has 5 rings (SSSR count). The molecule has 0 saturated heterocycles. The van der Waals surface area contributed by atoms with Gasteiger partial charge in [0.1, 0.15) is 5.54 Å². The zero-order valence-electron chi connectivity index (χ0n) is 12.6. The highest BCUT2D eigenvalue weighted by atomic mass is 16.2. The lowest BCUT2D eigenvalue weighted by molar-refractivity contribution is -0.142. The topological polar surface area (TPSA) is 72.2 Å². The quantitative estimate of drug-likeness (QED) is 0.897. The van der Waals surface area contributed by atoms with Crippen LogP contribution in [0.4, 0.5) is 0 Å². The van der Waals surface area contributed by atoms with Gasteiger partial charge in [-0.25, -0.2) is 0 Å². The van der Waals surface area contributed by atoms with Gasteiger partial charge in [0.15, 0.2) is 0 Å². The summed E-state index contributed by atoms with van der Waals surface area (Å²) in [6.45, 7) is 0. The van der Waals surface area contributed by atoms with Crippen molar-refractivity contribution >= 4 is 11.8 Å². The zero-order valence-corrected chi connectivity index (χ0v) is 12.6. The van der Waals surface area contributed by atoms with Crippen LogP contribution in [0.15, 0.2) is 30.3 Å². The molecule has 0 unspecified atom stereocenters. The van der Waals surface area contributed by atoms with Crippen molar-refractivity contribution in [3.8, 4) is 0 Å². The minimum Gasteiger partial charge on any atom is -0.368 e. The van der Waals surface area contributed by atoms with Gasteiger partial charge in [0.2, 0.25) is 5.91 Å². The Balaban J connectivity index is 1.67. The fourth-order valence-electron chi connectivity index (χ4n) is 5.45. The van der Waals surface area contributed by atoms with Crippen LogP contribution in [0.1, 0.15) is 42.5 Å². The molecule has 0 spiro atoms. The third-order valence-corrected chi connectivity index (χ3v) is 6.19. The van der Waals surface area contributed by atoms with Gasteiger partial charge in [0.25, 0.3) is 5.91 Å². The van der Waals surface area contributed by atoms with Gasteiger partial charge >= 0.3 is 0 Å². The lowest BCUT2D eigenvalue weighted by Crippen LogP contribution is -2.71. The number of nitrogens with one attached hydrogen (secondary N) is 1. The van der Waals surface area contributed by atoms with Gasteiger partial charge < -0.3 is 11.1 Å². The maximum absolute atomic E-state index is 12.6. The minimum absolute atomic E-state index is 0.174. The van der Waals surface area contributed by atoms with Gasteiger partial charge in [0.05, 0.1) is 0 Å². The maximum atomic E-state index is 12.6. The summed E-state index contributed by atoms with van der Waals surface area (Å²) in [6.07, 6.45) is 5.43. The van der Waals surface area contributed by atoms with Gasteiger partial charge in [-0.15, -0.1) is 0 Å². The highest BCUT2D eigenvalue weighted by molar-refractivity contribution is 5.99. The van der Waals surface area contributed by atoms with Gasteiger partial charge in [0, 0.05) is 5.56 Å². The normalized spacial score (nSPS) is 38.7. The summed E-state index contributed by atoms with van der Waals surface area (Å²) in [5, 5.41) is 3.08. The molecule has 0 aromatic heterocycles. The van der Waals surface area contributed by atoms with Crippen molar-refractivity contribution in [1.82, 2.24) is 5.32 Å². The van der Waals surface area contributed by atoms with E-state index in [1.807, 2.05) is 18.2 Å². The second-order valence-corrected chi connectivity index (χ2v) is 7.36. The molecule has 4 fully saturated rings. The van der Waals surface area contributed by atoms with E-state index in [2.05, 4.69) is 5.32 Å². The number of carbonyl (C=O) groups excluding carboxylic acids is 2. The van der Waals surface area contributed by atoms with Crippen LogP contribution in [-0.4, -0.2) is 17.4 Å². The summed E-state index contributed by atoms with van der Waals surface area (Å²) in [5.41, 5.74) is 5.59. The van der Waals surface area contributed by atoms with E-state index >= 15 is 0 Å². The van der Waals surface area contributed by atoms with Crippen molar-refractivity contribution < 1.29 is 9.59 Å². The summed E-state index contributed by atoms with van der Waals surface area (Å²) in [7, 11) is 0. The van der Waals surface area contributed by atoms with Crippen molar-refractivity contribution in [1.29, 1.82) is 0 Å². The van der Waals surface area contributed by atoms with E-state index in [9.17, 15) is 9.59 Å². The predicted molar refractivity (Wildman–Crippen MR) is 82.9 cm³/mol. The van der Waals surface area contributed by atoms with Crippen molar-refractivity contribution in [3.63, 3.8) is 0 Å². The van der Waals surface area contributed by atoms with Crippen LogP contribution in [0, 0.1) is 23.7 Å². The van der Waals surface area contributed by atoms with Crippen molar-refractivity contribution in [3.05, 3.63) is 35.9 Å². The van der Waals surface area contributed by atoms with Crippen LogP contribution >= 0.6 is 0 Å². The molecule has 1 aromatic carbocycles. The number of rotatable bonds is 3. The Hall–Kier alpha value is -1.84. The molecule has 116 valence electrons. The highest BCUT2D eigenvalue weighted by Gasteiger charge is 2.61. The first-order chi connectivity index (χ1) is 10.6. The van der Waals surface area contributed by atoms with Gasteiger partial charge in [-0.05, 0) is 67.9 Å². The monoisotopic (exact) mass is 298 g/mol. The Morgan fingerprint density at radius 1 is 0.955 bits per heavy atom. The third kappa shape index (κ3) is 1.89. The van der Waals surface area contributed by atoms with Gasteiger partial charge in [-0.2, -0.15) is 0 Å². The molecule has 1 aromatic rings. The van der Waals surface area contributed by atoms with Crippen LogP contribution in [0.25, 0.3) is 0 Å². The molecule has 4 nitrogen and oxygen atoms in total. The summed E-state index contributed by atoms with van der Waals surface area (Å²) in [5.74, 6) is 1.37. The van der Waals surface area contributed by atoms with E-state index in [1.54, 1.807) is 12.1 Å².